The number of aryl methyl sites for hydroxylation is 1. The van der Waals surface area contributed by atoms with Crippen molar-refractivity contribution in [1.29, 1.82) is 0 Å². The van der Waals surface area contributed by atoms with E-state index in [4.69, 9.17) is 34.0 Å². The summed E-state index contributed by atoms with van der Waals surface area (Å²) in [6.45, 7) is 3.50. The lowest BCUT2D eigenvalue weighted by atomic mass is 9.90. The van der Waals surface area contributed by atoms with Gasteiger partial charge in [0.15, 0.2) is 0 Å². The van der Waals surface area contributed by atoms with Gasteiger partial charge >= 0.3 is 0 Å². The molecule has 1 unspecified atom stereocenters. The van der Waals surface area contributed by atoms with Crippen molar-refractivity contribution >= 4 is 23.2 Å². The normalized spacial score (nSPS) is 15.3. The topological polar surface area (TPSA) is 46.2 Å². The minimum Gasteiger partial charge on any atom is -0.394 e. The molecule has 0 fully saturated rings. The zero-order chi connectivity index (χ0) is 10.9. The average Bonchev–Trinajstić information content (AvgIpc) is 2.11. The van der Waals surface area contributed by atoms with E-state index in [1.165, 1.54) is 0 Å². The molecule has 0 heterocycles. The van der Waals surface area contributed by atoms with E-state index < -0.39 is 5.54 Å². The van der Waals surface area contributed by atoms with E-state index in [1.54, 1.807) is 19.1 Å². The van der Waals surface area contributed by atoms with Gasteiger partial charge in [0.25, 0.3) is 0 Å². The lowest BCUT2D eigenvalue weighted by Gasteiger charge is -2.24. The standard InChI is InChI=1S/C10H13Cl2NO/c1-6-3-8(11)9(12)4-7(6)10(2,13)5-14/h3-4,14H,5,13H2,1-2H3. The molecule has 1 rings (SSSR count). The van der Waals surface area contributed by atoms with Crippen molar-refractivity contribution in [2.24, 2.45) is 5.73 Å². The first-order valence-electron chi connectivity index (χ1n) is 4.24. The second-order valence-corrected chi connectivity index (χ2v) is 4.47. The number of hydrogen-bond acceptors (Lipinski definition) is 2. The highest BCUT2D eigenvalue weighted by molar-refractivity contribution is 6.42. The van der Waals surface area contributed by atoms with Crippen LogP contribution >= 0.6 is 23.2 Å². The van der Waals surface area contributed by atoms with Crippen LogP contribution in [0.3, 0.4) is 0 Å². The number of hydrogen-bond donors (Lipinski definition) is 2. The lowest BCUT2D eigenvalue weighted by molar-refractivity contribution is 0.209. The minimum absolute atomic E-state index is 0.133. The van der Waals surface area contributed by atoms with Crippen LogP contribution in [0.25, 0.3) is 0 Å². The lowest BCUT2D eigenvalue weighted by Crippen LogP contribution is -2.37. The number of halogens is 2. The van der Waals surface area contributed by atoms with Crippen molar-refractivity contribution < 1.29 is 5.11 Å². The molecule has 14 heavy (non-hydrogen) atoms. The Hall–Kier alpha value is -0.280. The molecule has 3 N–H and O–H groups in total. The highest BCUT2D eigenvalue weighted by atomic mass is 35.5. The monoisotopic (exact) mass is 233 g/mol. The number of benzene rings is 1. The van der Waals surface area contributed by atoms with E-state index in [-0.39, 0.29) is 6.61 Å². The maximum absolute atomic E-state index is 9.13. The molecule has 0 aliphatic heterocycles. The Bertz CT molecular complexity index is 350. The molecule has 1 aromatic rings. The second kappa shape index (κ2) is 4.07. The van der Waals surface area contributed by atoms with Gasteiger partial charge in [0.1, 0.15) is 0 Å². The first-order valence-corrected chi connectivity index (χ1v) is 5.00. The summed E-state index contributed by atoms with van der Waals surface area (Å²) in [6.07, 6.45) is 0. The molecule has 1 atom stereocenters. The summed E-state index contributed by atoms with van der Waals surface area (Å²) in [7, 11) is 0. The molecule has 2 nitrogen and oxygen atoms in total. The largest absolute Gasteiger partial charge is 0.394 e. The Morgan fingerprint density at radius 3 is 2.36 bits per heavy atom. The molecule has 0 saturated heterocycles. The number of aliphatic hydroxyl groups is 1. The Labute approximate surface area is 93.6 Å². The molecule has 0 aromatic heterocycles. The Morgan fingerprint density at radius 1 is 1.36 bits per heavy atom. The smallest absolute Gasteiger partial charge is 0.0650 e. The Kier molecular flexibility index (Phi) is 3.43. The maximum Gasteiger partial charge on any atom is 0.0650 e. The fraction of sp³-hybridized carbons (Fsp3) is 0.400. The number of rotatable bonds is 2. The van der Waals surface area contributed by atoms with Crippen LogP contribution in [0.5, 0.6) is 0 Å². The van der Waals surface area contributed by atoms with Crippen LogP contribution in [0, 0.1) is 6.92 Å². The molecule has 0 spiro atoms. The molecule has 4 heteroatoms. The molecule has 0 radical (unpaired) electrons. The van der Waals surface area contributed by atoms with Crippen molar-refractivity contribution in [1.82, 2.24) is 0 Å². The predicted molar refractivity (Wildman–Crippen MR) is 59.8 cm³/mol. The van der Waals surface area contributed by atoms with E-state index in [9.17, 15) is 0 Å². The van der Waals surface area contributed by atoms with E-state index in [0.717, 1.165) is 11.1 Å². The molecule has 1 aromatic carbocycles. The van der Waals surface area contributed by atoms with Gasteiger partial charge in [-0.3, -0.25) is 0 Å². The fourth-order valence-corrected chi connectivity index (χ4v) is 1.73. The van der Waals surface area contributed by atoms with Crippen LogP contribution in [0.15, 0.2) is 12.1 Å². The van der Waals surface area contributed by atoms with Crippen molar-refractivity contribution in [3.05, 3.63) is 33.3 Å². The van der Waals surface area contributed by atoms with Crippen molar-refractivity contribution in [2.45, 2.75) is 19.4 Å². The third kappa shape index (κ3) is 2.20. The van der Waals surface area contributed by atoms with Crippen LogP contribution in [-0.4, -0.2) is 11.7 Å². The van der Waals surface area contributed by atoms with Crippen LogP contribution in [0.4, 0.5) is 0 Å². The summed E-state index contributed by atoms with van der Waals surface area (Å²) in [5.74, 6) is 0. The Morgan fingerprint density at radius 2 is 1.86 bits per heavy atom. The van der Waals surface area contributed by atoms with Crippen LogP contribution < -0.4 is 5.73 Å². The van der Waals surface area contributed by atoms with Gasteiger partial charge in [-0.2, -0.15) is 0 Å². The zero-order valence-electron chi connectivity index (χ0n) is 8.14. The quantitative estimate of drug-likeness (QED) is 0.825. The van der Waals surface area contributed by atoms with Crippen molar-refractivity contribution in [3.63, 3.8) is 0 Å². The molecule has 0 amide bonds. The maximum atomic E-state index is 9.13. The first-order chi connectivity index (χ1) is 6.38. The van der Waals surface area contributed by atoms with Gasteiger partial charge in [-0.25, -0.2) is 0 Å². The van der Waals surface area contributed by atoms with Crippen molar-refractivity contribution in [3.8, 4) is 0 Å². The molecule has 0 aliphatic carbocycles. The summed E-state index contributed by atoms with van der Waals surface area (Å²) < 4.78 is 0. The number of nitrogens with two attached hydrogens (primary N) is 1. The summed E-state index contributed by atoms with van der Waals surface area (Å²) in [4.78, 5) is 0. The molecular weight excluding hydrogens is 221 g/mol. The number of aliphatic hydroxyl groups excluding tert-OH is 1. The van der Waals surface area contributed by atoms with Crippen LogP contribution in [0.2, 0.25) is 10.0 Å². The summed E-state index contributed by atoms with van der Waals surface area (Å²) in [5, 5.41) is 10.1. The first kappa shape index (κ1) is 11.8. The summed E-state index contributed by atoms with van der Waals surface area (Å²) in [6, 6.07) is 3.45. The fourth-order valence-electron chi connectivity index (χ4n) is 1.35. The average molecular weight is 234 g/mol. The van der Waals surface area contributed by atoms with Gasteiger partial charge in [-0.1, -0.05) is 23.2 Å². The van der Waals surface area contributed by atoms with Crippen LogP contribution in [-0.2, 0) is 5.54 Å². The molecule has 0 saturated carbocycles. The van der Waals surface area contributed by atoms with Gasteiger partial charge in [0, 0.05) is 0 Å². The SMILES string of the molecule is Cc1cc(Cl)c(Cl)cc1C(C)(N)CO. The molecule has 78 valence electrons. The van der Waals surface area contributed by atoms with E-state index in [0.29, 0.717) is 10.0 Å². The van der Waals surface area contributed by atoms with Crippen molar-refractivity contribution in [2.75, 3.05) is 6.61 Å². The van der Waals surface area contributed by atoms with Gasteiger partial charge < -0.3 is 10.8 Å². The predicted octanol–water partition coefficient (Wildman–Crippen LogP) is 2.47. The van der Waals surface area contributed by atoms with Gasteiger partial charge in [0.05, 0.1) is 22.2 Å². The van der Waals surface area contributed by atoms with Gasteiger partial charge in [-0.05, 0) is 37.1 Å². The van der Waals surface area contributed by atoms with Gasteiger partial charge in [0.2, 0.25) is 0 Å². The minimum atomic E-state index is -0.779. The Balaban J connectivity index is 3.29. The van der Waals surface area contributed by atoms with E-state index in [1.807, 2.05) is 6.92 Å². The third-order valence-corrected chi connectivity index (χ3v) is 2.93. The van der Waals surface area contributed by atoms with E-state index in [2.05, 4.69) is 0 Å². The van der Waals surface area contributed by atoms with Gasteiger partial charge in [-0.15, -0.1) is 0 Å². The zero-order valence-corrected chi connectivity index (χ0v) is 9.65. The highest BCUT2D eigenvalue weighted by Crippen LogP contribution is 2.30. The molecular formula is C10H13Cl2NO. The summed E-state index contributed by atoms with van der Waals surface area (Å²) in [5.41, 5.74) is 6.87. The van der Waals surface area contributed by atoms with E-state index >= 15 is 0 Å². The molecule has 0 bridgehead atoms. The third-order valence-electron chi connectivity index (χ3n) is 2.21. The second-order valence-electron chi connectivity index (χ2n) is 3.66. The summed E-state index contributed by atoms with van der Waals surface area (Å²) >= 11 is 11.7. The molecule has 0 aliphatic rings. The van der Waals surface area contributed by atoms with Crippen LogP contribution in [0.1, 0.15) is 18.1 Å². The highest BCUT2D eigenvalue weighted by Gasteiger charge is 2.22.